The maximum absolute atomic E-state index is 13.2. The largest absolute Gasteiger partial charge is 0.342 e. The number of pyridine rings is 2. The molecule has 0 aliphatic heterocycles. The van der Waals surface area contributed by atoms with E-state index in [0.29, 0.717) is 17.5 Å². The fraction of sp³-hybridized carbons (Fsp3) is 0.160. The van der Waals surface area contributed by atoms with Crippen LogP contribution in [0.15, 0.2) is 71.9 Å². The van der Waals surface area contributed by atoms with Crippen molar-refractivity contribution < 1.29 is 4.79 Å². The minimum absolute atomic E-state index is 0.168. The monoisotopic (exact) mass is 382 g/mol. The summed E-state index contributed by atoms with van der Waals surface area (Å²) in [6, 6.07) is 15.6. The maximum atomic E-state index is 13.2. The second kappa shape index (κ2) is 7.47. The molecule has 0 radical (unpaired) electrons. The first kappa shape index (κ1) is 18.8. The van der Waals surface area contributed by atoms with E-state index in [-0.39, 0.29) is 16.8 Å². The molecule has 0 N–H and O–H groups in total. The van der Waals surface area contributed by atoms with Gasteiger partial charge in [-0.3, -0.25) is 14.6 Å². The van der Waals surface area contributed by atoms with Crippen LogP contribution in [0.4, 0.5) is 0 Å². The molecule has 0 fully saturated rings. The van der Waals surface area contributed by atoms with E-state index in [1.54, 1.807) is 24.7 Å². The third kappa shape index (κ3) is 3.61. The molecule has 0 saturated heterocycles. The summed E-state index contributed by atoms with van der Waals surface area (Å²) >= 11 is 0. The van der Waals surface area contributed by atoms with E-state index >= 15 is 0 Å². The van der Waals surface area contributed by atoms with Crippen molar-refractivity contribution in [2.24, 2.45) is 0 Å². The quantitative estimate of drug-likeness (QED) is 0.485. The lowest BCUT2D eigenvalue weighted by molar-refractivity contribution is 0.103. The van der Waals surface area contributed by atoms with Gasteiger partial charge in [-0.15, -0.1) is 0 Å². The first-order valence-corrected chi connectivity index (χ1v) is 9.58. The van der Waals surface area contributed by atoms with Crippen molar-refractivity contribution in [2.45, 2.75) is 27.3 Å². The molecule has 29 heavy (non-hydrogen) atoms. The van der Waals surface area contributed by atoms with Crippen LogP contribution in [0.1, 0.15) is 38.2 Å². The fourth-order valence-corrected chi connectivity index (χ4v) is 3.58. The normalized spacial score (nSPS) is 11.0. The molecule has 0 aliphatic carbocycles. The van der Waals surface area contributed by atoms with Crippen molar-refractivity contribution in [3.8, 4) is 0 Å². The average Bonchev–Trinajstić information content (AvgIpc) is 2.72. The van der Waals surface area contributed by atoms with Gasteiger partial charge in [0.25, 0.3) is 0 Å². The standard InChI is InChI=1S/C25H22N2O2/c1-16-5-4-6-19(11-16)14-27-15-22(25(29)21-13-26-10-9-23(21)27)24(28)20-8-7-17(2)18(3)12-20/h4-13,15H,14H2,1-3H3. The summed E-state index contributed by atoms with van der Waals surface area (Å²) in [6.45, 7) is 6.58. The molecule has 0 saturated carbocycles. The zero-order valence-electron chi connectivity index (χ0n) is 16.8. The van der Waals surface area contributed by atoms with Gasteiger partial charge in [-0.2, -0.15) is 0 Å². The lowest BCUT2D eigenvalue weighted by Crippen LogP contribution is -2.20. The predicted octanol–water partition coefficient (Wildman–Crippen LogP) is 4.60. The SMILES string of the molecule is Cc1cccc(Cn2cc(C(=O)c3ccc(C)c(C)c3)c(=O)c3cnccc32)c1. The van der Waals surface area contributed by atoms with Crippen molar-refractivity contribution in [1.29, 1.82) is 0 Å². The number of fused-ring (bicyclic) bond motifs is 1. The number of hydrogen-bond donors (Lipinski definition) is 0. The zero-order valence-corrected chi connectivity index (χ0v) is 16.8. The van der Waals surface area contributed by atoms with Crippen molar-refractivity contribution >= 4 is 16.7 Å². The summed E-state index contributed by atoms with van der Waals surface area (Å²) in [6.07, 6.45) is 4.89. The lowest BCUT2D eigenvalue weighted by atomic mass is 9.99. The Bertz CT molecular complexity index is 1300. The number of aryl methyl sites for hydroxylation is 3. The predicted molar refractivity (Wildman–Crippen MR) is 116 cm³/mol. The number of benzene rings is 2. The molecule has 2 aromatic carbocycles. The second-order valence-electron chi connectivity index (χ2n) is 7.51. The van der Waals surface area contributed by atoms with Gasteiger partial charge in [-0.1, -0.05) is 42.0 Å². The molecule has 4 aromatic rings. The molecular formula is C25H22N2O2. The van der Waals surface area contributed by atoms with Crippen molar-refractivity contribution in [3.05, 3.63) is 111 Å². The third-order valence-electron chi connectivity index (χ3n) is 5.33. The third-order valence-corrected chi connectivity index (χ3v) is 5.33. The molecular weight excluding hydrogens is 360 g/mol. The highest BCUT2D eigenvalue weighted by Gasteiger charge is 2.18. The van der Waals surface area contributed by atoms with Gasteiger partial charge >= 0.3 is 0 Å². The average molecular weight is 382 g/mol. The number of carbonyl (C=O) groups excluding carboxylic acids is 1. The maximum Gasteiger partial charge on any atom is 0.202 e. The van der Waals surface area contributed by atoms with E-state index in [0.717, 1.165) is 22.2 Å². The van der Waals surface area contributed by atoms with Gasteiger partial charge in [0, 0.05) is 30.7 Å². The molecule has 0 unspecified atom stereocenters. The zero-order chi connectivity index (χ0) is 20.5. The van der Waals surface area contributed by atoms with Crippen LogP contribution in [0.5, 0.6) is 0 Å². The Hall–Kier alpha value is -3.53. The fourth-order valence-electron chi connectivity index (χ4n) is 3.58. The Kier molecular flexibility index (Phi) is 4.85. The number of ketones is 1. The minimum Gasteiger partial charge on any atom is -0.342 e. The molecule has 144 valence electrons. The van der Waals surface area contributed by atoms with Crippen molar-refractivity contribution in [1.82, 2.24) is 9.55 Å². The number of hydrogen-bond acceptors (Lipinski definition) is 3. The molecule has 0 amide bonds. The van der Waals surface area contributed by atoms with Crippen LogP contribution in [0.3, 0.4) is 0 Å². The highest BCUT2D eigenvalue weighted by Crippen LogP contribution is 2.17. The van der Waals surface area contributed by atoms with Crippen LogP contribution in [0, 0.1) is 20.8 Å². The Morgan fingerprint density at radius 1 is 1.00 bits per heavy atom. The van der Waals surface area contributed by atoms with E-state index in [9.17, 15) is 9.59 Å². The summed E-state index contributed by atoms with van der Waals surface area (Å²) in [5, 5.41) is 0.454. The number of rotatable bonds is 4. The molecule has 2 heterocycles. The van der Waals surface area contributed by atoms with E-state index in [1.807, 2.05) is 61.7 Å². The number of carbonyl (C=O) groups is 1. The van der Waals surface area contributed by atoms with E-state index in [1.165, 1.54) is 5.56 Å². The van der Waals surface area contributed by atoms with Crippen molar-refractivity contribution in [2.75, 3.05) is 0 Å². The van der Waals surface area contributed by atoms with E-state index in [2.05, 4.69) is 11.1 Å². The van der Waals surface area contributed by atoms with Gasteiger partial charge in [0.15, 0.2) is 5.78 Å². The summed E-state index contributed by atoms with van der Waals surface area (Å²) in [5.74, 6) is -0.262. The summed E-state index contributed by atoms with van der Waals surface area (Å²) < 4.78 is 1.96. The lowest BCUT2D eigenvalue weighted by Gasteiger charge is -2.14. The number of aromatic nitrogens is 2. The Morgan fingerprint density at radius 2 is 1.83 bits per heavy atom. The smallest absolute Gasteiger partial charge is 0.202 e. The van der Waals surface area contributed by atoms with Crippen LogP contribution in [-0.4, -0.2) is 15.3 Å². The topological polar surface area (TPSA) is 52.0 Å². The van der Waals surface area contributed by atoms with Crippen LogP contribution < -0.4 is 5.43 Å². The van der Waals surface area contributed by atoms with E-state index in [4.69, 9.17) is 0 Å². The molecule has 4 nitrogen and oxygen atoms in total. The molecule has 4 rings (SSSR count). The molecule has 0 spiro atoms. The van der Waals surface area contributed by atoms with Crippen molar-refractivity contribution in [3.63, 3.8) is 0 Å². The molecule has 0 aliphatic rings. The first-order valence-electron chi connectivity index (χ1n) is 9.58. The minimum atomic E-state index is -0.281. The van der Waals surface area contributed by atoms with Gasteiger partial charge in [-0.25, -0.2) is 0 Å². The number of nitrogens with zero attached hydrogens (tertiary/aromatic N) is 2. The molecule has 0 bridgehead atoms. The van der Waals surface area contributed by atoms with Crippen LogP contribution in [0.25, 0.3) is 10.9 Å². The highest BCUT2D eigenvalue weighted by molar-refractivity contribution is 6.10. The van der Waals surface area contributed by atoms with Gasteiger partial charge in [0.2, 0.25) is 5.43 Å². The summed E-state index contributed by atoms with van der Waals surface area (Å²) in [7, 11) is 0. The van der Waals surface area contributed by atoms with Gasteiger partial charge < -0.3 is 4.57 Å². The van der Waals surface area contributed by atoms with Gasteiger partial charge in [0.05, 0.1) is 16.5 Å². The second-order valence-corrected chi connectivity index (χ2v) is 7.51. The summed E-state index contributed by atoms with van der Waals surface area (Å²) in [5.41, 5.74) is 5.59. The Morgan fingerprint density at radius 3 is 2.59 bits per heavy atom. The van der Waals surface area contributed by atoms with Gasteiger partial charge in [-0.05, 0) is 49.6 Å². The molecule has 2 aromatic heterocycles. The van der Waals surface area contributed by atoms with E-state index < -0.39 is 0 Å². The first-order chi connectivity index (χ1) is 13.9. The van der Waals surface area contributed by atoms with Crippen LogP contribution in [-0.2, 0) is 6.54 Å². The molecule has 4 heteroatoms. The van der Waals surface area contributed by atoms with Crippen LogP contribution >= 0.6 is 0 Å². The Balaban J connectivity index is 1.88. The highest BCUT2D eigenvalue weighted by atomic mass is 16.1. The summed E-state index contributed by atoms with van der Waals surface area (Å²) in [4.78, 5) is 30.4. The van der Waals surface area contributed by atoms with Crippen LogP contribution in [0.2, 0.25) is 0 Å². The molecule has 0 atom stereocenters. The Labute approximate surface area is 169 Å². The van der Waals surface area contributed by atoms with Gasteiger partial charge in [0.1, 0.15) is 0 Å².